The normalized spacial score (nSPS) is 13.9. The predicted octanol–water partition coefficient (Wildman–Crippen LogP) is 8.44. The lowest BCUT2D eigenvalue weighted by molar-refractivity contribution is 0.203. The Morgan fingerprint density at radius 1 is 1.00 bits per heavy atom. The van der Waals surface area contributed by atoms with Gasteiger partial charge in [-0.05, 0) is 72.9 Å². The van der Waals surface area contributed by atoms with Gasteiger partial charge in [0.05, 0.1) is 21.4 Å². The fourth-order valence-corrected chi connectivity index (χ4v) is 5.94. The smallest absolute Gasteiger partial charge is 0.156 e. The maximum atomic E-state index is 15.5. The van der Waals surface area contributed by atoms with Gasteiger partial charge in [0.2, 0.25) is 0 Å². The molecule has 0 amide bonds. The van der Waals surface area contributed by atoms with E-state index in [0.717, 1.165) is 41.6 Å². The topological polar surface area (TPSA) is 80.0 Å². The molecule has 6 rings (SSSR count). The van der Waals surface area contributed by atoms with Crippen LogP contribution in [0.4, 0.5) is 15.9 Å². The van der Waals surface area contributed by atoms with Crippen molar-refractivity contribution < 1.29 is 4.39 Å². The summed E-state index contributed by atoms with van der Waals surface area (Å²) in [6, 6.07) is 17.3. The van der Waals surface area contributed by atoms with Crippen LogP contribution in [0.15, 0.2) is 73.2 Å². The highest BCUT2D eigenvalue weighted by Gasteiger charge is 2.20. The standard InChI is InChI=1S/C34H31Cl2FN6/c1-20(2)43-12-10-22-15-30(40-18-25(22)19-43)28(37)14-23-5-3-6-26(31(23)35)27-7-4-8-29(32(27)36)42-34-33-24(9-11-39-34)13-21(16-38)17-41-33/h3-9,11,13-15,17-18,20H,10,12,16,19,38H2,1-2H3,(H,39,42)/b28-14-. The Kier molecular flexibility index (Phi) is 8.41. The summed E-state index contributed by atoms with van der Waals surface area (Å²) in [4.78, 5) is 15.9. The van der Waals surface area contributed by atoms with E-state index in [1.165, 1.54) is 6.08 Å². The van der Waals surface area contributed by atoms with Gasteiger partial charge in [0.15, 0.2) is 5.82 Å². The van der Waals surface area contributed by atoms with Crippen LogP contribution in [-0.4, -0.2) is 32.4 Å². The number of nitrogens with zero attached hydrogens (tertiary/aromatic N) is 4. The van der Waals surface area contributed by atoms with E-state index in [1.807, 2.05) is 48.5 Å². The number of benzene rings is 2. The highest BCUT2D eigenvalue weighted by atomic mass is 35.5. The molecule has 43 heavy (non-hydrogen) atoms. The lowest BCUT2D eigenvalue weighted by Gasteiger charge is -2.31. The molecule has 0 saturated heterocycles. The Hall–Kier alpha value is -3.88. The number of nitrogens with one attached hydrogen (secondary N) is 1. The molecule has 0 fully saturated rings. The Bertz CT molecular complexity index is 1860. The molecule has 0 spiro atoms. The number of pyridine rings is 3. The lowest BCUT2D eigenvalue weighted by atomic mass is 9.99. The summed E-state index contributed by atoms with van der Waals surface area (Å²) in [7, 11) is 0. The first kappa shape index (κ1) is 29.2. The molecule has 0 unspecified atom stereocenters. The summed E-state index contributed by atoms with van der Waals surface area (Å²) < 4.78 is 15.5. The molecule has 9 heteroatoms. The first-order valence-corrected chi connectivity index (χ1v) is 15.0. The molecule has 0 atom stereocenters. The van der Waals surface area contributed by atoms with Gasteiger partial charge in [0.25, 0.3) is 0 Å². The second-order valence-electron chi connectivity index (χ2n) is 10.9. The van der Waals surface area contributed by atoms with Crippen molar-refractivity contribution in [3.05, 3.63) is 111 Å². The van der Waals surface area contributed by atoms with Crippen LogP contribution in [-0.2, 0) is 19.5 Å². The molecule has 3 N–H and O–H groups in total. The summed E-state index contributed by atoms with van der Waals surface area (Å²) >= 11 is 13.8. The number of fused-ring (bicyclic) bond motifs is 2. The van der Waals surface area contributed by atoms with Crippen molar-refractivity contribution in [2.24, 2.45) is 5.73 Å². The second kappa shape index (κ2) is 12.4. The summed E-state index contributed by atoms with van der Waals surface area (Å²) in [5.74, 6) is 0.126. The third-order valence-corrected chi connectivity index (χ3v) is 8.67. The van der Waals surface area contributed by atoms with E-state index < -0.39 is 5.83 Å². The van der Waals surface area contributed by atoms with E-state index >= 15 is 4.39 Å². The fraction of sp³-hybridized carbons (Fsp3) is 0.206. The molecule has 1 aliphatic rings. The molecular weight excluding hydrogens is 582 g/mol. The third-order valence-electron chi connectivity index (χ3n) is 7.84. The van der Waals surface area contributed by atoms with Gasteiger partial charge in [0, 0.05) is 60.8 Å². The minimum Gasteiger partial charge on any atom is -0.337 e. The Balaban J connectivity index is 1.29. The monoisotopic (exact) mass is 612 g/mol. The Labute approximate surface area is 260 Å². The molecule has 0 bridgehead atoms. The molecular formula is C34H31Cl2FN6. The lowest BCUT2D eigenvalue weighted by Crippen LogP contribution is -2.36. The van der Waals surface area contributed by atoms with Gasteiger partial charge in [-0.1, -0.05) is 53.5 Å². The van der Waals surface area contributed by atoms with Crippen LogP contribution in [0.2, 0.25) is 10.0 Å². The highest BCUT2D eigenvalue weighted by Crippen LogP contribution is 2.40. The molecule has 5 aromatic rings. The van der Waals surface area contributed by atoms with Crippen molar-refractivity contribution in [3.8, 4) is 11.1 Å². The molecule has 0 aliphatic carbocycles. The first-order valence-electron chi connectivity index (χ1n) is 14.2. The van der Waals surface area contributed by atoms with Gasteiger partial charge < -0.3 is 11.1 Å². The average molecular weight is 614 g/mol. The fourth-order valence-electron chi connectivity index (χ4n) is 5.39. The van der Waals surface area contributed by atoms with Crippen LogP contribution in [0.1, 0.15) is 41.8 Å². The summed E-state index contributed by atoms with van der Waals surface area (Å²) in [6.07, 6.45) is 7.55. The number of hydrogen-bond acceptors (Lipinski definition) is 6. The largest absolute Gasteiger partial charge is 0.337 e. The Morgan fingerprint density at radius 2 is 1.79 bits per heavy atom. The van der Waals surface area contributed by atoms with Crippen molar-refractivity contribution in [2.45, 2.75) is 39.4 Å². The highest BCUT2D eigenvalue weighted by molar-refractivity contribution is 6.39. The van der Waals surface area contributed by atoms with E-state index in [9.17, 15) is 0 Å². The van der Waals surface area contributed by atoms with Gasteiger partial charge in [-0.3, -0.25) is 14.9 Å². The van der Waals surface area contributed by atoms with E-state index in [2.05, 4.69) is 39.0 Å². The van der Waals surface area contributed by atoms with Gasteiger partial charge in [-0.25, -0.2) is 9.37 Å². The quantitative estimate of drug-likeness (QED) is 0.192. The average Bonchev–Trinajstić information content (AvgIpc) is 3.02. The van der Waals surface area contributed by atoms with Crippen LogP contribution < -0.4 is 11.1 Å². The molecule has 1 aliphatic heterocycles. The SMILES string of the molecule is CC(C)N1CCc2cc(/C(F)=C/c3cccc(-c4cccc(Nc5nccc6cc(CN)cnc56)c4Cl)c3Cl)ncc2C1. The molecule has 0 saturated carbocycles. The van der Waals surface area contributed by atoms with Crippen molar-refractivity contribution >= 4 is 57.5 Å². The summed E-state index contributed by atoms with van der Waals surface area (Å²) in [5.41, 5.74) is 12.6. The minimum atomic E-state index is -0.443. The second-order valence-corrected chi connectivity index (χ2v) is 11.7. The molecule has 4 heterocycles. The maximum absolute atomic E-state index is 15.5. The molecule has 6 nitrogen and oxygen atoms in total. The third kappa shape index (κ3) is 5.99. The van der Waals surface area contributed by atoms with Crippen LogP contribution in [0.25, 0.3) is 33.9 Å². The van der Waals surface area contributed by atoms with Crippen LogP contribution in [0, 0.1) is 0 Å². The summed E-state index contributed by atoms with van der Waals surface area (Å²) in [5, 5.41) is 5.09. The number of aromatic nitrogens is 3. The summed E-state index contributed by atoms with van der Waals surface area (Å²) in [6.45, 7) is 6.55. The zero-order chi connectivity index (χ0) is 30.1. The van der Waals surface area contributed by atoms with Crippen molar-refractivity contribution in [3.63, 3.8) is 0 Å². The van der Waals surface area contributed by atoms with Crippen molar-refractivity contribution in [1.82, 2.24) is 19.9 Å². The van der Waals surface area contributed by atoms with E-state index in [0.29, 0.717) is 62.0 Å². The Morgan fingerprint density at radius 3 is 2.58 bits per heavy atom. The maximum Gasteiger partial charge on any atom is 0.156 e. The van der Waals surface area contributed by atoms with Crippen molar-refractivity contribution in [2.75, 3.05) is 11.9 Å². The van der Waals surface area contributed by atoms with Crippen LogP contribution in [0.3, 0.4) is 0 Å². The molecule has 3 aromatic heterocycles. The molecule has 2 aromatic carbocycles. The van der Waals surface area contributed by atoms with Crippen LogP contribution in [0.5, 0.6) is 0 Å². The number of anilines is 2. The van der Waals surface area contributed by atoms with Gasteiger partial charge in [0.1, 0.15) is 11.3 Å². The zero-order valence-electron chi connectivity index (χ0n) is 23.9. The van der Waals surface area contributed by atoms with Crippen LogP contribution >= 0.6 is 23.2 Å². The minimum absolute atomic E-state index is 0.303. The molecule has 0 radical (unpaired) electrons. The number of hydrogen-bond donors (Lipinski definition) is 2. The zero-order valence-corrected chi connectivity index (χ0v) is 25.4. The van der Waals surface area contributed by atoms with E-state index in [4.69, 9.17) is 28.9 Å². The number of halogens is 3. The molecule has 218 valence electrons. The van der Waals surface area contributed by atoms with Gasteiger partial charge in [-0.2, -0.15) is 0 Å². The van der Waals surface area contributed by atoms with Gasteiger partial charge in [-0.15, -0.1) is 0 Å². The van der Waals surface area contributed by atoms with Crippen molar-refractivity contribution in [1.29, 1.82) is 0 Å². The first-order chi connectivity index (χ1) is 20.8. The predicted molar refractivity (Wildman–Crippen MR) is 175 cm³/mol. The van der Waals surface area contributed by atoms with Gasteiger partial charge >= 0.3 is 0 Å². The van der Waals surface area contributed by atoms with E-state index in [-0.39, 0.29) is 0 Å². The number of rotatable bonds is 7. The van der Waals surface area contributed by atoms with E-state index in [1.54, 1.807) is 24.7 Å². The number of nitrogens with two attached hydrogens (primary N) is 1.